The van der Waals surface area contributed by atoms with Crippen LogP contribution in [0.2, 0.25) is 0 Å². The van der Waals surface area contributed by atoms with Crippen molar-refractivity contribution in [2.75, 3.05) is 0 Å². The molecule has 0 spiro atoms. The fourth-order valence-corrected chi connectivity index (χ4v) is 4.84. The summed E-state index contributed by atoms with van der Waals surface area (Å²) in [5.41, 5.74) is 6.44. The number of hydrogen-bond donors (Lipinski definition) is 1. The Bertz CT molecular complexity index is 1460. The Kier molecular flexibility index (Phi) is 6.77. The molecule has 5 aromatic rings. The van der Waals surface area contributed by atoms with Crippen LogP contribution < -0.4 is 5.32 Å². The van der Waals surface area contributed by atoms with Crippen LogP contribution in [-0.2, 0) is 17.8 Å². The Morgan fingerprint density at radius 1 is 0.857 bits per heavy atom. The number of halogens is 1. The average molecular weight is 524 g/mol. The van der Waals surface area contributed by atoms with Crippen LogP contribution in [0.4, 0.5) is 0 Å². The lowest BCUT2D eigenvalue weighted by atomic mass is 10.0. The Morgan fingerprint density at radius 3 is 2.34 bits per heavy atom. The van der Waals surface area contributed by atoms with E-state index in [1.54, 1.807) is 0 Å². The number of carbonyl (C=O) groups is 1. The fourth-order valence-electron chi connectivity index (χ4n) is 4.40. The highest BCUT2D eigenvalue weighted by Crippen LogP contribution is 2.24. The second-order valence-corrected chi connectivity index (χ2v) is 9.62. The third-order valence-electron chi connectivity index (χ3n) is 6.10. The van der Waals surface area contributed by atoms with Crippen molar-refractivity contribution in [3.63, 3.8) is 0 Å². The van der Waals surface area contributed by atoms with Gasteiger partial charge in [-0.25, -0.2) is 4.98 Å². The molecule has 0 aliphatic rings. The number of nitrogens with one attached hydrogen (secondary N) is 1. The van der Waals surface area contributed by atoms with E-state index in [0.29, 0.717) is 13.0 Å². The summed E-state index contributed by atoms with van der Waals surface area (Å²) in [6, 6.07) is 34.6. The molecule has 0 bridgehead atoms. The zero-order valence-electron chi connectivity index (χ0n) is 19.5. The summed E-state index contributed by atoms with van der Waals surface area (Å²) in [7, 11) is 0. The minimum Gasteiger partial charge on any atom is -0.346 e. The number of benzene rings is 4. The second-order valence-electron chi connectivity index (χ2n) is 8.70. The quantitative estimate of drug-likeness (QED) is 0.251. The molecule has 0 radical (unpaired) electrons. The van der Waals surface area contributed by atoms with Gasteiger partial charge in [0.05, 0.1) is 23.5 Å². The van der Waals surface area contributed by atoms with Gasteiger partial charge in [0.2, 0.25) is 5.91 Å². The molecule has 4 aromatic carbocycles. The molecule has 5 heteroatoms. The molecule has 1 amide bonds. The van der Waals surface area contributed by atoms with Gasteiger partial charge in [-0.15, -0.1) is 0 Å². The van der Waals surface area contributed by atoms with Gasteiger partial charge in [0, 0.05) is 11.0 Å². The first-order valence-electron chi connectivity index (χ1n) is 11.7. The van der Waals surface area contributed by atoms with Crippen LogP contribution >= 0.6 is 15.9 Å². The Morgan fingerprint density at radius 2 is 1.57 bits per heavy atom. The van der Waals surface area contributed by atoms with Crippen molar-refractivity contribution >= 4 is 32.9 Å². The van der Waals surface area contributed by atoms with E-state index >= 15 is 0 Å². The number of carbonyl (C=O) groups excluding carboxylic acids is 1. The standard InChI is InChI=1S/C30H26BrN3O/c1-21(32-29(35)19-22-14-16-25(17-15-22)24-9-3-2-4-10-24)30-33-27-12-5-6-13-28(27)34(30)20-23-8-7-11-26(31)18-23/h2-18,21H,19-20H2,1H3,(H,32,35). The number of hydrogen-bond acceptors (Lipinski definition) is 2. The van der Waals surface area contributed by atoms with Crippen molar-refractivity contribution in [1.82, 2.24) is 14.9 Å². The van der Waals surface area contributed by atoms with Gasteiger partial charge in [-0.3, -0.25) is 4.79 Å². The summed E-state index contributed by atoms with van der Waals surface area (Å²) < 4.78 is 3.23. The van der Waals surface area contributed by atoms with E-state index in [4.69, 9.17) is 4.98 Å². The smallest absolute Gasteiger partial charge is 0.224 e. The van der Waals surface area contributed by atoms with E-state index in [0.717, 1.165) is 32.5 Å². The molecule has 0 fully saturated rings. The highest BCUT2D eigenvalue weighted by Gasteiger charge is 2.19. The van der Waals surface area contributed by atoms with E-state index in [1.807, 2.05) is 67.6 Å². The molecular formula is C30H26BrN3O. The third kappa shape index (κ3) is 5.36. The number of imidazole rings is 1. The maximum absolute atomic E-state index is 12.9. The summed E-state index contributed by atoms with van der Waals surface area (Å²) in [6.07, 6.45) is 0.325. The van der Waals surface area contributed by atoms with Gasteiger partial charge in [-0.2, -0.15) is 0 Å². The van der Waals surface area contributed by atoms with E-state index in [9.17, 15) is 4.79 Å². The maximum Gasteiger partial charge on any atom is 0.224 e. The van der Waals surface area contributed by atoms with E-state index in [-0.39, 0.29) is 11.9 Å². The van der Waals surface area contributed by atoms with Crippen molar-refractivity contribution in [2.45, 2.75) is 25.9 Å². The maximum atomic E-state index is 12.9. The lowest BCUT2D eigenvalue weighted by Crippen LogP contribution is -2.30. The van der Waals surface area contributed by atoms with Gasteiger partial charge < -0.3 is 9.88 Å². The van der Waals surface area contributed by atoms with E-state index in [2.05, 4.69) is 68.3 Å². The minimum absolute atomic E-state index is 0.0222. The molecule has 1 heterocycles. The third-order valence-corrected chi connectivity index (χ3v) is 6.60. The first-order chi connectivity index (χ1) is 17.1. The predicted molar refractivity (Wildman–Crippen MR) is 145 cm³/mol. The Hall–Kier alpha value is -3.70. The van der Waals surface area contributed by atoms with Gasteiger partial charge >= 0.3 is 0 Å². The summed E-state index contributed by atoms with van der Waals surface area (Å²) in [5, 5.41) is 3.16. The zero-order valence-corrected chi connectivity index (χ0v) is 21.1. The SMILES string of the molecule is CC(NC(=O)Cc1ccc(-c2ccccc2)cc1)c1nc2ccccc2n1Cc1cccc(Br)c1. The second kappa shape index (κ2) is 10.3. The number of rotatable bonds is 7. The predicted octanol–water partition coefficient (Wildman–Crippen LogP) is 6.93. The highest BCUT2D eigenvalue weighted by atomic mass is 79.9. The molecule has 0 saturated heterocycles. The Balaban J connectivity index is 1.33. The molecule has 1 atom stereocenters. The number of para-hydroxylation sites is 2. The van der Waals surface area contributed by atoms with Gasteiger partial charge in [-0.1, -0.05) is 94.8 Å². The molecule has 174 valence electrons. The van der Waals surface area contributed by atoms with Gasteiger partial charge in [0.25, 0.3) is 0 Å². The van der Waals surface area contributed by atoms with Crippen LogP contribution in [0.15, 0.2) is 108 Å². The lowest BCUT2D eigenvalue weighted by Gasteiger charge is -2.17. The van der Waals surface area contributed by atoms with Crippen LogP contribution in [0.3, 0.4) is 0 Å². The number of fused-ring (bicyclic) bond motifs is 1. The summed E-state index contributed by atoms with van der Waals surface area (Å²) >= 11 is 3.56. The summed E-state index contributed by atoms with van der Waals surface area (Å²) in [4.78, 5) is 17.8. The molecule has 1 aromatic heterocycles. The van der Waals surface area contributed by atoms with Crippen molar-refractivity contribution in [2.24, 2.45) is 0 Å². The molecule has 0 saturated carbocycles. The van der Waals surface area contributed by atoms with E-state index < -0.39 is 0 Å². The summed E-state index contributed by atoms with van der Waals surface area (Å²) in [6.45, 7) is 2.67. The minimum atomic E-state index is -0.231. The lowest BCUT2D eigenvalue weighted by molar-refractivity contribution is -0.121. The monoisotopic (exact) mass is 523 g/mol. The van der Waals surface area contributed by atoms with Crippen LogP contribution in [-0.4, -0.2) is 15.5 Å². The van der Waals surface area contributed by atoms with Crippen LogP contribution in [0.5, 0.6) is 0 Å². The van der Waals surface area contributed by atoms with Crippen molar-refractivity contribution in [1.29, 1.82) is 0 Å². The molecule has 0 aliphatic carbocycles. The number of amides is 1. The molecule has 0 aliphatic heterocycles. The first kappa shape index (κ1) is 23.1. The van der Waals surface area contributed by atoms with E-state index in [1.165, 1.54) is 11.1 Å². The van der Waals surface area contributed by atoms with Crippen molar-refractivity contribution in [3.8, 4) is 11.1 Å². The van der Waals surface area contributed by atoms with Crippen molar-refractivity contribution < 1.29 is 4.79 Å². The van der Waals surface area contributed by atoms with Crippen LogP contribution in [0.25, 0.3) is 22.2 Å². The Labute approximate surface area is 213 Å². The molecule has 35 heavy (non-hydrogen) atoms. The fraction of sp³-hybridized carbons (Fsp3) is 0.133. The topological polar surface area (TPSA) is 46.9 Å². The first-order valence-corrected chi connectivity index (χ1v) is 12.5. The van der Waals surface area contributed by atoms with Crippen LogP contribution in [0.1, 0.15) is 29.9 Å². The van der Waals surface area contributed by atoms with Crippen molar-refractivity contribution in [3.05, 3.63) is 125 Å². The molecule has 4 nitrogen and oxygen atoms in total. The van der Waals surface area contributed by atoms with Gasteiger partial charge in [0.1, 0.15) is 5.82 Å². The normalized spacial score (nSPS) is 11.9. The zero-order chi connectivity index (χ0) is 24.2. The average Bonchev–Trinajstić information content (AvgIpc) is 3.23. The number of aromatic nitrogens is 2. The summed E-state index contributed by atoms with van der Waals surface area (Å²) in [5.74, 6) is 0.824. The molecule has 1 unspecified atom stereocenters. The van der Waals surface area contributed by atoms with Gasteiger partial charge in [-0.05, 0) is 53.4 Å². The van der Waals surface area contributed by atoms with Gasteiger partial charge in [0.15, 0.2) is 0 Å². The highest BCUT2D eigenvalue weighted by molar-refractivity contribution is 9.10. The number of nitrogens with zero attached hydrogens (tertiary/aromatic N) is 2. The molecular weight excluding hydrogens is 498 g/mol. The van der Waals surface area contributed by atoms with Crippen LogP contribution in [0, 0.1) is 0 Å². The largest absolute Gasteiger partial charge is 0.346 e. The molecule has 1 N–H and O–H groups in total. The molecule has 5 rings (SSSR count).